The lowest BCUT2D eigenvalue weighted by molar-refractivity contribution is 0.0947. The van der Waals surface area contributed by atoms with Gasteiger partial charge >= 0.3 is 0 Å². The van der Waals surface area contributed by atoms with Crippen LogP contribution in [0.4, 0.5) is 0 Å². The molecule has 1 aromatic rings. The van der Waals surface area contributed by atoms with E-state index in [9.17, 15) is 0 Å². The van der Waals surface area contributed by atoms with Gasteiger partial charge in [0.25, 0.3) is 0 Å². The van der Waals surface area contributed by atoms with Crippen molar-refractivity contribution in [1.82, 2.24) is 10.3 Å². The number of thiazole rings is 1. The van der Waals surface area contributed by atoms with Crippen LogP contribution in [0.15, 0.2) is 0 Å². The molecule has 0 spiro atoms. The first kappa shape index (κ1) is 13.6. The van der Waals surface area contributed by atoms with Crippen molar-refractivity contribution in [2.45, 2.75) is 46.3 Å². The zero-order chi connectivity index (χ0) is 12.0. The van der Waals surface area contributed by atoms with Gasteiger partial charge in [0.1, 0.15) is 11.1 Å². The molecule has 0 amide bonds. The summed E-state index contributed by atoms with van der Waals surface area (Å²) in [5, 5.41) is 4.46. The van der Waals surface area contributed by atoms with Crippen molar-refractivity contribution in [1.29, 1.82) is 0 Å². The normalized spacial score (nSPS) is 13.0. The van der Waals surface area contributed by atoms with E-state index < -0.39 is 0 Å². The standard InChI is InChI=1S/C12H22N2OS/c1-5-7-10(15-4)12-14-9(3)11(16-12)8-13-6-2/h10,13H,5-8H2,1-4H3. The van der Waals surface area contributed by atoms with Crippen LogP contribution in [0.1, 0.15) is 48.4 Å². The number of aromatic nitrogens is 1. The fourth-order valence-electron chi connectivity index (χ4n) is 1.60. The highest BCUT2D eigenvalue weighted by Crippen LogP contribution is 2.28. The van der Waals surface area contributed by atoms with Crippen molar-refractivity contribution in [3.05, 3.63) is 15.6 Å². The molecular weight excluding hydrogens is 220 g/mol. The minimum atomic E-state index is 0.170. The molecule has 92 valence electrons. The van der Waals surface area contributed by atoms with Gasteiger partial charge in [-0.15, -0.1) is 11.3 Å². The first-order valence-corrected chi connectivity index (χ1v) is 6.74. The highest BCUT2D eigenvalue weighted by Gasteiger charge is 2.16. The van der Waals surface area contributed by atoms with Crippen LogP contribution in [-0.2, 0) is 11.3 Å². The van der Waals surface area contributed by atoms with Gasteiger partial charge in [-0.3, -0.25) is 0 Å². The van der Waals surface area contributed by atoms with Crippen LogP contribution in [0.5, 0.6) is 0 Å². The molecule has 1 heterocycles. The molecule has 0 aliphatic heterocycles. The quantitative estimate of drug-likeness (QED) is 0.798. The second-order valence-electron chi connectivity index (χ2n) is 3.85. The first-order chi connectivity index (χ1) is 7.72. The molecule has 0 radical (unpaired) electrons. The molecule has 1 N–H and O–H groups in total. The fourth-order valence-corrected chi connectivity index (χ4v) is 2.74. The van der Waals surface area contributed by atoms with E-state index in [1.54, 1.807) is 18.4 Å². The highest BCUT2D eigenvalue weighted by molar-refractivity contribution is 7.11. The molecular formula is C12H22N2OS. The summed E-state index contributed by atoms with van der Waals surface area (Å²) in [5.74, 6) is 0. The molecule has 4 heteroatoms. The van der Waals surface area contributed by atoms with Crippen molar-refractivity contribution < 1.29 is 4.74 Å². The lowest BCUT2D eigenvalue weighted by atomic mass is 10.2. The number of ether oxygens (including phenoxy) is 1. The van der Waals surface area contributed by atoms with E-state index in [1.807, 2.05) is 0 Å². The Labute approximate surface area is 102 Å². The van der Waals surface area contributed by atoms with Gasteiger partial charge < -0.3 is 10.1 Å². The van der Waals surface area contributed by atoms with Gasteiger partial charge in [0, 0.05) is 18.5 Å². The minimum absolute atomic E-state index is 0.170. The van der Waals surface area contributed by atoms with Gasteiger partial charge in [0.05, 0.1) is 5.69 Å². The van der Waals surface area contributed by atoms with Crippen molar-refractivity contribution >= 4 is 11.3 Å². The van der Waals surface area contributed by atoms with Crippen molar-refractivity contribution in [3.8, 4) is 0 Å². The topological polar surface area (TPSA) is 34.1 Å². The molecule has 0 saturated heterocycles. The predicted octanol–water partition coefficient (Wildman–Crippen LogP) is 3.05. The molecule has 0 aliphatic rings. The average molecular weight is 242 g/mol. The third-order valence-electron chi connectivity index (χ3n) is 2.56. The fraction of sp³-hybridized carbons (Fsp3) is 0.750. The Morgan fingerprint density at radius 3 is 2.75 bits per heavy atom. The van der Waals surface area contributed by atoms with E-state index in [2.05, 4.69) is 31.1 Å². The number of methoxy groups -OCH3 is 1. The van der Waals surface area contributed by atoms with Gasteiger partial charge in [0.2, 0.25) is 0 Å². The Kier molecular flexibility index (Phi) is 5.95. The van der Waals surface area contributed by atoms with E-state index in [0.29, 0.717) is 0 Å². The molecule has 0 saturated carbocycles. The van der Waals surface area contributed by atoms with Crippen LogP contribution >= 0.6 is 11.3 Å². The number of nitrogens with zero attached hydrogens (tertiary/aromatic N) is 1. The van der Waals surface area contributed by atoms with Crippen LogP contribution in [0.2, 0.25) is 0 Å². The van der Waals surface area contributed by atoms with Gasteiger partial charge in [-0.1, -0.05) is 20.3 Å². The summed E-state index contributed by atoms with van der Waals surface area (Å²) in [6.45, 7) is 8.28. The Morgan fingerprint density at radius 1 is 1.44 bits per heavy atom. The Morgan fingerprint density at radius 2 is 2.19 bits per heavy atom. The van der Waals surface area contributed by atoms with E-state index in [0.717, 1.165) is 36.6 Å². The largest absolute Gasteiger partial charge is 0.374 e. The Balaban J connectivity index is 2.73. The number of hydrogen-bond acceptors (Lipinski definition) is 4. The number of aryl methyl sites for hydroxylation is 1. The van der Waals surface area contributed by atoms with E-state index >= 15 is 0 Å². The summed E-state index contributed by atoms with van der Waals surface area (Å²) in [5.41, 5.74) is 1.14. The van der Waals surface area contributed by atoms with Gasteiger partial charge in [-0.05, 0) is 19.9 Å². The second kappa shape index (κ2) is 6.99. The maximum absolute atomic E-state index is 5.48. The molecule has 1 unspecified atom stereocenters. The van der Waals surface area contributed by atoms with Crippen LogP contribution in [0.25, 0.3) is 0 Å². The van der Waals surface area contributed by atoms with Crippen molar-refractivity contribution in [2.75, 3.05) is 13.7 Å². The molecule has 0 aliphatic carbocycles. The minimum Gasteiger partial charge on any atom is -0.374 e. The summed E-state index contributed by atoms with van der Waals surface area (Å²) in [6, 6.07) is 0. The van der Waals surface area contributed by atoms with E-state index in [1.165, 1.54) is 4.88 Å². The second-order valence-corrected chi connectivity index (χ2v) is 4.97. The Bertz CT molecular complexity index is 312. The third kappa shape index (κ3) is 3.54. The molecule has 0 bridgehead atoms. The first-order valence-electron chi connectivity index (χ1n) is 5.92. The molecule has 0 fully saturated rings. The van der Waals surface area contributed by atoms with E-state index in [-0.39, 0.29) is 6.10 Å². The van der Waals surface area contributed by atoms with Crippen molar-refractivity contribution in [2.24, 2.45) is 0 Å². The molecule has 3 nitrogen and oxygen atoms in total. The van der Waals surface area contributed by atoms with Gasteiger partial charge in [-0.25, -0.2) is 4.98 Å². The molecule has 1 atom stereocenters. The monoisotopic (exact) mass is 242 g/mol. The van der Waals surface area contributed by atoms with E-state index in [4.69, 9.17) is 4.74 Å². The molecule has 16 heavy (non-hydrogen) atoms. The molecule has 0 aromatic carbocycles. The summed E-state index contributed by atoms with van der Waals surface area (Å²) in [4.78, 5) is 5.94. The summed E-state index contributed by atoms with van der Waals surface area (Å²) in [7, 11) is 1.76. The van der Waals surface area contributed by atoms with Crippen molar-refractivity contribution in [3.63, 3.8) is 0 Å². The number of rotatable bonds is 7. The molecule has 1 aromatic heterocycles. The SMILES string of the molecule is CCCC(OC)c1nc(C)c(CNCC)s1. The van der Waals surface area contributed by atoms with Crippen LogP contribution in [-0.4, -0.2) is 18.6 Å². The lowest BCUT2D eigenvalue weighted by Gasteiger charge is -2.10. The lowest BCUT2D eigenvalue weighted by Crippen LogP contribution is -2.11. The molecule has 1 rings (SSSR count). The summed E-state index contributed by atoms with van der Waals surface area (Å²) < 4.78 is 5.48. The highest BCUT2D eigenvalue weighted by atomic mass is 32.1. The number of hydrogen-bond donors (Lipinski definition) is 1. The smallest absolute Gasteiger partial charge is 0.122 e. The van der Waals surface area contributed by atoms with Gasteiger partial charge in [-0.2, -0.15) is 0 Å². The van der Waals surface area contributed by atoms with Crippen LogP contribution in [0, 0.1) is 6.92 Å². The zero-order valence-corrected chi connectivity index (χ0v) is 11.5. The van der Waals surface area contributed by atoms with Crippen LogP contribution in [0.3, 0.4) is 0 Å². The maximum Gasteiger partial charge on any atom is 0.122 e. The number of nitrogens with one attached hydrogen (secondary N) is 1. The maximum atomic E-state index is 5.48. The zero-order valence-electron chi connectivity index (χ0n) is 10.7. The average Bonchev–Trinajstić information content (AvgIpc) is 2.64. The predicted molar refractivity (Wildman–Crippen MR) is 68.9 cm³/mol. The van der Waals surface area contributed by atoms with Crippen LogP contribution < -0.4 is 5.32 Å². The Hall–Kier alpha value is -0.450. The summed E-state index contributed by atoms with van der Waals surface area (Å²) >= 11 is 1.77. The summed E-state index contributed by atoms with van der Waals surface area (Å²) in [6.07, 6.45) is 2.34. The van der Waals surface area contributed by atoms with Gasteiger partial charge in [0.15, 0.2) is 0 Å². The third-order valence-corrected chi connectivity index (χ3v) is 3.81.